The first kappa shape index (κ1) is 30.2. The van der Waals surface area contributed by atoms with Crippen LogP contribution in [0.15, 0.2) is 37.2 Å². The fourth-order valence-electron chi connectivity index (χ4n) is 3.74. The molecular formula is C24H33F4N5O4. The van der Waals surface area contributed by atoms with E-state index in [0.717, 1.165) is 6.20 Å². The first-order valence-corrected chi connectivity index (χ1v) is 11.8. The number of halogens is 4. The minimum absolute atomic E-state index is 0.189. The topological polar surface area (TPSA) is 128 Å². The number of amides is 2. The normalized spacial score (nSPS) is 21.8. The number of ether oxygens (including phenoxy) is 2. The van der Waals surface area contributed by atoms with Crippen molar-refractivity contribution < 1.29 is 36.6 Å². The monoisotopic (exact) mass is 531 g/mol. The number of pyridine rings is 1. The van der Waals surface area contributed by atoms with E-state index in [1.165, 1.54) is 6.20 Å². The van der Waals surface area contributed by atoms with E-state index in [1.807, 2.05) is 0 Å². The van der Waals surface area contributed by atoms with Crippen molar-refractivity contribution in [3.8, 4) is 0 Å². The van der Waals surface area contributed by atoms with Gasteiger partial charge in [-0.05, 0) is 26.7 Å². The molecule has 0 bridgehead atoms. The predicted molar refractivity (Wildman–Crippen MR) is 129 cm³/mol. The van der Waals surface area contributed by atoms with Crippen molar-refractivity contribution >= 4 is 17.7 Å². The fourth-order valence-corrected chi connectivity index (χ4v) is 3.74. The Balaban J connectivity index is 1.90. The lowest BCUT2D eigenvalue weighted by molar-refractivity contribution is -0.124. The quantitative estimate of drug-likeness (QED) is 0.255. The number of alkyl carbamates (subject to hydrolysis) is 1. The van der Waals surface area contributed by atoms with E-state index >= 15 is 0 Å². The van der Waals surface area contributed by atoms with E-state index < -0.39 is 54.6 Å². The molecule has 5 atom stereocenters. The number of alkyl halides is 3. The Morgan fingerprint density at radius 2 is 2.14 bits per heavy atom. The van der Waals surface area contributed by atoms with Crippen molar-refractivity contribution in [1.82, 2.24) is 15.6 Å². The van der Waals surface area contributed by atoms with Crippen LogP contribution in [0.2, 0.25) is 0 Å². The Labute approximate surface area is 212 Å². The van der Waals surface area contributed by atoms with Crippen molar-refractivity contribution in [2.75, 3.05) is 25.0 Å². The zero-order valence-corrected chi connectivity index (χ0v) is 20.7. The maximum absolute atomic E-state index is 14.6. The van der Waals surface area contributed by atoms with E-state index in [-0.39, 0.29) is 30.4 Å². The van der Waals surface area contributed by atoms with E-state index in [0.29, 0.717) is 13.0 Å². The molecule has 1 aromatic heterocycles. The van der Waals surface area contributed by atoms with Gasteiger partial charge in [0, 0.05) is 18.0 Å². The third-order valence-corrected chi connectivity index (χ3v) is 5.79. The summed E-state index contributed by atoms with van der Waals surface area (Å²) >= 11 is 0. The lowest BCUT2D eigenvalue weighted by atomic mass is 9.98. The highest BCUT2D eigenvalue weighted by molar-refractivity contribution is 5.95. The lowest BCUT2D eigenvalue weighted by Crippen LogP contribution is -2.54. The highest BCUT2D eigenvalue weighted by Gasteiger charge is 2.31. The van der Waals surface area contributed by atoms with E-state index in [1.54, 1.807) is 37.4 Å². The minimum atomic E-state index is -4.53. The number of hydrogen-bond donors (Lipinski definition) is 4. The second-order valence-electron chi connectivity index (χ2n) is 8.59. The van der Waals surface area contributed by atoms with Gasteiger partial charge in [-0.25, -0.2) is 9.18 Å². The number of carbonyl (C=O) groups excluding carboxylic acids is 2. The van der Waals surface area contributed by atoms with Crippen LogP contribution >= 0.6 is 0 Å². The molecule has 2 heterocycles. The maximum Gasteiger partial charge on any atom is 0.407 e. The van der Waals surface area contributed by atoms with Crippen molar-refractivity contribution in [2.24, 2.45) is 11.7 Å². The molecule has 0 aliphatic carbocycles. The summed E-state index contributed by atoms with van der Waals surface area (Å²) in [7, 11) is 0. The van der Waals surface area contributed by atoms with Crippen molar-refractivity contribution in [3.63, 3.8) is 0 Å². The molecule has 1 unspecified atom stereocenters. The number of nitrogens with two attached hydrogens (primary N) is 1. The van der Waals surface area contributed by atoms with Gasteiger partial charge in [0.15, 0.2) is 0 Å². The van der Waals surface area contributed by atoms with Crippen LogP contribution in [0.5, 0.6) is 0 Å². The largest absolute Gasteiger partial charge is 0.448 e. The van der Waals surface area contributed by atoms with E-state index in [4.69, 9.17) is 15.2 Å². The molecule has 37 heavy (non-hydrogen) atoms. The second kappa shape index (κ2) is 14.1. The summed E-state index contributed by atoms with van der Waals surface area (Å²) in [6.45, 7) is 5.87. The molecule has 0 aromatic carbocycles. The molecule has 9 nitrogen and oxygen atoms in total. The highest BCUT2D eigenvalue weighted by atomic mass is 19.4. The lowest BCUT2D eigenvalue weighted by Gasteiger charge is -2.35. The average Bonchev–Trinajstić information content (AvgIpc) is 2.84. The zero-order valence-electron chi connectivity index (χ0n) is 20.7. The zero-order chi connectivity index (χ0) is 27.6. The molecule has 1 fully saturated rings. The fraction of sp³-hybridized carbons (Fsp3) is 0.542. The van der Waals surface area contributed by atoms with Crippen LogP contribution in [-0.2, 0) is 20.7 Å². The van der Waals surface area contributed by atoms with E-state index in [9.17, 15) is 27.2 Å². The van der Waals surface area contributed by atoms with Gasteiger partial charge in [-0.1, -0.05) is 18.2 Å². The smallest absolute Gasteiger partial charge is 0.407 e. The molecular weight excluding hydrogens is 498 g/mol. The summed E-state index contributed by atoms with van der Waals surface area (Å²) < 4.78 is 61.9. The molecule has 2 rings (SSSR count). The number of rotatable bonds is 11. The van der Waals surface area contributed by atoms with Gasteiger partial charge in [0.1, 0.15) is 19.0 Å². The summed E-state index contributed by atoms with van der Waals surface area (Å²) in [6, 6.07) is -1.36. The summed E-state index contributed by atoms with van der Waals surface area (Å²) in [5.74, 6) is -1.50. The van der Waals surface area contributed by atoms with Gasteiger partial charge in [0.05, 0.1) is 42.4 Å². The number of carbonyl (C=O) groups is 2. The van der Waals surface area contributed by atoms with Gasteiger partial charge < -0.3 is 31.2 Å². The molecule has 5 N–H and O–H groups in total. The van der Waals surface area contributed by atoms with Gasteiger partial charge >= 0.3 is 12.3 Å². The Hall–Kier alpha value is -3.03. The summed E-state index contributed by atoms with van der Waals surface area (Å²) in [6.07, 6.45) is 1.59. The molecule has 2 amide bonds. The Morgan fingerprint density at radius 3 is 2.76 bits per heavy atom. The van der Waals surface area contributed by atoms with Crippen molar-refractivity contribution in [2.45, 2.75) is 57.2 Å². The average molecular weight is 532 g/mol. The molecule has 206 valence electrons. The van der Waals surface area contributed by atoms with Gasteiger partial charge in [0.25, 0.3) is 0 Å². The number of nitrogens with one attached hydrogen (secondary N) is 3. The molecule has 1 aromatic rings. The SMILES string of the molecule is C=C[C@@H](/C=C/C)C(N)C(=O)Nc1cncc(F)c1CC[C@@H]1CN[C@H](COC(=O)NCC(F)(F)F)[C@H](C)O1. The molecule has 0 spiro atoms. The van der Waals surface area contributed by atoms with Crippen molar-refractivity contribution in [1.29, 1.82) is 0 Å². The number of hydrogen-bond acceptors (Lipinski definition) is 7. The summed E-state index contributed by atoms with van der Waals surface area (Å²) in [5, 5.41) is 7.40. The second-order valence-corrected chi connectivity index (χ2v) is 8.59. The van der Waals surface area contributed by atoms with Gasteiger partial charge in [0.2, 0.25) is 5.91 Å². The first-order chi connectivity index (χ1) is 17.4. The molecule has 1 saturated heterocycles. The van der Waals surface area contributed by atoms with Crippen LogP contribution in [-0.4, -0.2) is 67.1 Å². The standard InChI is InChI=1S/C24H33F4N5O4/c1-4-6-15(5-2)21(29)22(34)33-19-11-30-10-18(25)17(19)8-7-16-9-31-20(14(3)37-16)12-36-23(35)32-13-24(26,27)28/h4-6,10-11,14-16,20-21,31H,2,7-9,12-13,29H2,1,3H3,(H,32,35)(H,33,34)/b6-4+/t14-,15-,16+,20+,21?/m0/s1. The van der Waals surface area contributed by atoms with E-state index in [2.05, 4.69) is 22.2 Å². The van der Waals surface area contributed by atoms with Crippen LogP contribution in [0, 0.1) is 11.7 Å². The third-order valence-electron chi connectivity index (χ3n) is 5.79. The van der Waals surface area contributed by atoms with Crippen LogP contribution in [0.25, 0.3) is 0 Å². The number of aromatic nitrogens is 1. The number of allylic oxidation sites excluding steroid dienone is 1. The summed E-state index contributed by atoms with van der Waals surface area (Å²) in [5.41, 5.74) is 6.49. The third kappa shape index (κ3) is 9.74. The predicted octanol–water partition coefficient (Wildman–Crippen LogP) is 2.83. The van der Waals surface area contributed by atoms with Crippen LogP contribution in [0.1, 0.15) is 25.8 Å². The number of anilines is 1. The number of morpholine rings is 1. The number of nitrogens with zero attached hydrogens (tertiary/aromatic N) is 1. The maximum atomic E-state index is 14.6. The van der Waals surface area contributed by atoms with Gasteiger partial charge in [-0.15, -0.1) is 6.58 Å². The summed E-state index contributed by atoms with van der Waals surface area (Å²) in [4.78, 5) is 27.9. The molecule has 1 aliphatic rings. The Bertz CT molecular complexity index is 960. The minimum Gasteiger partial charge on any atom is -0.448 e. The van der Waals surface area contributed by atoms with Crippen LogP contribution in [0.4, 0.5) is 28.0 Å². The van der Waals surface area contributed by atoms with Crippen LogP contribution < -0.4 is 21.7 Å². The van der Waals surface area contributed by atoms with Gasteiger partial charge in [-0.3, -0.25) is 9.78 Å². The van der Waals surface area contributed by atoms with Crippen LogP contribution in [0.3, 0.4) is 0 Å². The molecule has 1 aliphatic heterocycles. The molecule has 0 radical (unpaired) electrons. The van der Waals surface area contributed by atoms with Gasteiger partial charge in [-0.2, -0.15) is 13.2 Å². The molecule has 13 heteroatoms. The Morgan fingerprint density at radius 1 is 1.41 bits per heavy atom. The molecule has 0 saturated carbocycles. The van der Waals surface area contributed by atoms with Crippen molar-refractivity contribution in [3.05, 3.63) is 48.6 Å². The highest BCUT2D eigenvalue weighted by Crippen LogP contribution is 2.23. The Kier molecular flexibility index (Phi) is 11.5. The first-order valence-electron chi connectivity index (χ1n) is 11.8.